The van der Waals surface area contributed by atoms with E-state index >= 15 is 0 Å². The lowest BCUT2D eigenvalue weighted by molar-refractivity contribution is -0.146. The van der Waals surface area contributed by atoms with E-state index in [1.807, 2.05) is 6.92 Å². The van der Waals surface area contributed by atoms with Gasteiger partial charge in [0.15, 0.2) is 0 Å². The Kier molecular flexibility index (Phi) is 2.99. The largest absolute Gasteiger partial charge is 0.342 e. The molecule has 2 fully saturated rings. The lowest BCUT2D eigenvalue weighted by Crippen LogP contribution is -2.60. The van der Waals surface area contributed by atoms with Crippen LogP contribution < -0.4 is 5.32 Å². The molecule has 0 aromatic rings. The lowest BCUT2D eigenvalue weighted by atomic mass is 10.1. The van der Waals surface area contributed by atoms with Gasteiger partial charge in [-0.3, -0.25) is 9.59 Å². The van der Waals surface area contributed by atoms with Gasteiger partial charge in [-0.25, -0.2) is 0 Å². The fourth-order valence-electron chi connectivity index (χ4n) is 2.18. The van der Waals surface area contributed by atoms with Gasteiger partial charge in [-0.05, 0) is 32.1 Å². The molecule has 2 unspecified atom stereocenters. The van der Waals surface area contributed by atoms with E-state index in [1.54, 1.807) is 11.0 Å². The standard InChI is InChI=1S/C12H18N2O2/c1-3-4-8(2)14-7-10(15)13-11(12(14)16)9-5-6-9/h3,8-9,11H,1,4-7H2,2H3,(H,13,15). The van der Waals surface area contributed by atoms with E-state index in [0.29, 0.717) is 5.92 Å². The van der Waals surface area contributed by atoms with Gasteiger partial charge >= 0.3 is 0 Å². The predicted octanol–water partition coefficient (Wildman–Crippen LogP) is 0.688. The zero-order valence-electron chi connectivity index (χ0n) is 9.61. The molecule has 0 spiro atoms. The fraction of sp³-hybridized carbons (Fsp3) is 0.667. The van der Waals surface area contributed by atoms with E-state index < -0.39 is 0 Å². The van der Waals surface area contributed by atoms with Gasteiger partial charge in [0.05, 0.1) is 6.54 Å². The van der Waals surface area contributed by atoms with Gasteiger partial charge in [0.2, 0.25) is 11.8 Å². The SMILES string of the molecule is C=CCC(C)N1CC(=O)NC(C2CC2)C1=O. The minimum Gasteiger partial charge on any atom is -0.342 e. The van der Waals surface area contributed by atoms with Crippen LogP contribution in [0.25, 0.3) is 0 Å². The minimum absolute atomic E-state index is 0.0348. The van der Waals surface area contributed by atoms with E-state index in [4.69, 9.17) is 0 Å². The summed E-state index contributed by atoms with van der Waals surface area (Å²) in [5, 5.41) is 2.80. The molecule has 1 N–H and O–H groups in total. The monoisotopic (exact) mass is 222 g/mol. The number of carbonyl (C=O) groups is 2. The smallest absolute Gasteiger partial charge is 0.246 e. The summed E-state index contributed by atoms with van der Waals surface area (Å²) in [5.41, 5.74) is 0. The molecular formula is C12H18N2O2. The zero-order valence-corrected chi connectivity index (χ0v) is 9.61. The molecule has 4 heteroatoms. The highest BCUT2D eigenvalue weighted by atomic mass is 16.2. The number of nitrogens with one attached hydrogen (secondary N) is 1. The second-order valence-corrected chi connectivity index (χ2v) is 4.72. The summed E-state index contributed by atoms with van der Waals surface area (Å²) < 4.78 is 0. The molecule has 0 bridgehead atoms. The van der Waals surface area contributed by atoms with Gasteiger partial charge in [-0.1, -0.05) is 6.08 Å². The molecule has 2 aliphatic rings. The number of nitrogens with zero attached hydrogens (tertiary/aromatic N) is 1. The molecule has 0 aromatic heterocycles. The van der Waals surface area contributed by atoms with Gasteiger partial charge in [-0.2, -0.15) is 0 Å². The molecule has 0 aromatic carbocycles. The van der Waals surface area contributed by atoms with Crippen LogP contribution >= 0.6 is 0 Å². The second-order valence-electron chi connectivity index (χ2n) is 4.72. The van der Waals surface area contributed by atoms with Crippen LogP contribution in [0.3, 0.4) is 0 Å². The first-order valence-corrected chi connectivity index (χ1v) is 5.84. The summed E-state index contributed by atoms with van der Waals surface area (Å²) in [6.45, 7) is 5.82. The molecule has 1 aliphatic carbocycles. The first-order valence-electron chi connectivity index (χ1n) is 5.84. The number of piperazine rings is 1. The highest BCUT2D eigenvalue weighted by Gasteiger charge is 2.43. The number of amides is 2. The normalized spacial score (nSPS) is 27.6. The third-order valence-electron chi connectivity index (χ3n) is 3.31. The molecule has 16 heavy (non-hydrogen) atoms. The maximum atomic E-state index is 12.1. The fourth-order valence-corrected chi connectivity index (χ4v) is 2.18. The highest BCUT2D eigenvalue weighted by Crippen LogP contribution is 2.34. The molecule has 2 amide bonds. The Labute approximate surface area is 95.7 Å². The maximum absolute atomic E-state index is 12.1. The van der Waals surface area contributed by atoms with Crippen molar-refractivity contribution in [3.8, 4) is 0 Å². The van der Waals surface area contributed by atoms with Crippen molar-refractivity contribution in [2.45, 2.75) is 38.3 Å². The number of hydrogen-bond acceptors (Lipinski definition) is 2. The zero-order chi connectivity index (χ0) is 11.7. The number of hydrogen-bond donors (Lipinski definition) is 1. The van der Waals surface area contributed by atoms with Crippen molar-refractivity contribution in [1.29, 1.82) is 0 Å². The van der Waals surface area contributed by atoms with E-state index in [-0.39, 0.29) is 30.4 Å². The van der Waals surface area contributed by atoms with Crippen molar-refractivity contribution in [3.05, 3.63) is 12.7 Å². The van der Waals surface area contributed by atoms with Crippen LogP contribution in [0.4, 0.5) is 0 Å². The summed E-state index contributed by atoms with van der Waals surface area (Å²) in [5.74, 6) is 0.416. The summed E-state index contributed by atoms with van der Waals surface area (Å²) in [6, 6.07) is -0.203. The Morgan fingerprint density at radius 1 is 1.56 bits per heavy atom. The Hall–Kier alpha value is -1.32. The van der Waals surface area contributed by atoms with Crippen LogP contribution in [0.5, 0.6) is 0 Å². The highest BCUT2D eigenvalue weighted by molar-refractivity contribution is 5.95. The molecule has 0 radical (unpaired) electrons. The van der Waals surface area contributed by atoms with Crippen molar-refractivity contribution < 1.29 is 9.59 Å². The van der Waals surface area contributed by atoms with Crippen LogP contribution in [0.2, 0.25) is 0 Å². The quantitative estimate of drug-likeness (QED) is 0.711. The van der Waals surface area contributed by atoms with Gasteiger partial charge in [-0.15, -0.1) is 6.58 Å². The van der Waals surface area contributed by atoms with E-state index in [0.717, 1.165) is 19.3 Å². The van der Waals surface area contributed by atoms with Gasteiger partial charge < -0.3 is 10.2 Å². The van der Waals surface area contributed by atoms with E-state index in [1.165, 1.54) is 0 Å². The van der Waals surface area contributed by atoms with Gasteiger partial charge in [0, 0.05) is 6.04 Å². The van der Waals surface area contributed by atoms with Gasteiger partial charge in [0.1, 0.15) is 6.04 Å². The summed E-state index contributed by atoms with van der Waals surface area (Å²) in [7, 11) is 0. The molecule has 2 rings (SSSR count). The summed E-state index contributed by atoms with van der Waals surface area (Å²) in [6.07, 6.45) is 4.63. The average Bonchev–Trinajstić information content (AvgIpc) is 3.05. The Balaban J connectivity index is 2.08. The topological polar surface area (TPSA) is 49.4 Å². The van der Waals surface area contributed by atoms with Crippen LogP contribution in [0, 0.1) is 5.92 Å². The minimum atomic E-state index is -0.270. The summed E-state index contributed by atoms with van der Waals surface area (Å²) in [4.78, 5) is 25.4. The second kappa shape index (κ2) is 4.28. The Bertz CT molecular complexity index is 323. The average molecular weight is 222 g/mol. The first-order chi connectivity index (χ1) is 7.63. The van der Waals surface area contributed by atoms with Crippen LogP contribution in [-0.2, 0) is 9.59 Å². The molecule has 2 atom stereocenters. The lowest BCUT2D eigenvalue weighted by Gasteiger charge is -2.36. The van der Waals surface area contributed by atoms with Crippen molar-refractivity contribution in [3.63, 3.8) is 0 Å². The van der Waals surface area contributed by atoms with E-state index in [2.05, 4.69) is 11.9 Å². The first kappa shape index (κ1) is 11.2. The van der Waals surface area contributed by atoms with Crippen LogP contribution in [0.1, 0.15) is 26.2 Å². The molecule has 1 saturated carbocycles. The predicted molar refractivity (Wildman–Crippen MR) is 60.6 cm³/mol. The van der Waals surface area contributed by atoms with Crippen LogP contribution in [0.15, 0.2) is 12.7 Å². The summed E-state index contributed by atoms with van der Waals surface area (Å²) >= 11 is 0. The van der Waals surface area contributed by atoms with Crippen molar-refractivity contribution in [1.82, 2.24) is 10.2 Å². The third kappa shape index (κ3) is 2.10. The molecule has 88 valence electrons. The van der Waals surface area contributed by atoms with Crippen molar-refractivity contribution >= 4 is 11.8 Å². The van der Waals surface area contributed by atoms with Crippen molar-refractivity contribution in [2.24, 2.45) is 5.92 Å². The third-order valence-corrected chi connectivity index (χ3v) is 3.31. The molecule has 1 aliphatic heterocycles. The molecule has 1 saturated heterocycles. The number of carbonyl (C=O) groups excluding carboxylic acids is 2. The number of rotatable bonds is 4. The maximum Gasteiger partial charge on any atom is 0.246 e. The van der Waals surface area contributed by atoms with Crippen LogP contribution in [-0.4, -0.2) is 35.3 Å². The van der Waals surface area contributed by atoms with Crippen molar-refractivity contribution in [2.75, 3.05) is 6.54 Å². The Morgan fingerprint density at radius 3 is 2.81 bits per heavy atom. The molecular weight excluding hydrogens is 204 g/mol. The Morgan fingerprint density at radius 2 is 2.25 bits per heavy atom. The van der Waals surface area contributed by atoms with E-state index in [9.17, 15) is 9.59 Å². The molecule has 4 nitrogen and oxygen atoms in total. The molecule has 1 heterocycles. The van der Waals surface area contributed by atoms with Gasteiger partial charge in [0.25, 0.3) is 0 Å².